The number of aromatic nitrogens is 3. The van der Waals surface area contributed by atoms with E-state index in [0.29, 0.717) is 19.8 Å². The summed E-state index contributed by atoms with van der Waals surface area (Å²) in [4.78, 5) is 15.9. The first-order valence-corrected chi connectivity index (χ1v) is 39.3. The minimum atomic E-state index is -0.781. The SMILES string of the molecule is CC#CCOc1ccc2cc(C3(c4ccc(C(c5ccc(C6(c7ccc8cc(OCC#CC)ccc8c7)c7cc8ccccc8cc7-c7ncccc76)cc5)c5ccc(C6(c7ccc8cc(OCC#CC)ccc8c7)c7cc8ccccc8cc7-c7ncccc76)cc5)cc4)c4cc5ccccc5cc4-c4ncccc43)ccc2c1. The summed E-state index contributed by atoms with van der Waals surface area (Å²) in [6.07, 6.45) is 5.82. The molecule has 0 amide bonds. The monoisotopic (exact) mass is 1470 g/mol. The molecule has 0 spiro atoms. The van der Waals surface area contributed by atoms with Crippen molar-refractivity contribution in [3.63, 3.8) is 0 Å². The van der Waals surface area contributed by atoms with E-state index in [1.54, 1.807) is 0 Å². The molecule has 6 heteroatoms. The van der Waals surface area contributed by atoms with E-state index < -0.39 is 16.2 Å². The zero-order chi connectivity index (χ0) is 76.8. The third kappa shape index (κ3) is 10.9. The standard InChI is InChI=1S/C109H73N3O3/c1-4-7-55-113-91-49-37-79-58-88(46-34-82(79)61-91)107(97-25-16-52-110-104(97)94-64-73-19-10-13-22-76(73)67-100(94)107)85-40-28-70(29-41-85)103(71-30-42-86(43-31-71)108(89-47-35-83-62-92(114-56-8-5-2)50-38-80(83)59-89)98-26-17-53-111-105(98)95-65-74-20-11-14-23-77(74)68-101(95)108)72-32-44-87(45-33-72)109(90-48-36-84-63-93(115-57-9-6-3)51-39-81(84)60-90)99-27-18-54-112-106(99)96-66-75-21-12-15-24-78(75)69-102(96)109/h10-54,58-69,103H,55-57H2,1-3H3. The molecule has 0 bridgehead atoms. The van der Waals surface area contributed by atoms with Crippen LogP contribution in [-0.4, -0.2) is 34.8 Å². The Morgan fingerprint density at radius 2 is 0.496 bits per heavy atom. The topological polar surface area (TPSA) is 66.4 Å². The lowest BCUT2D eigenvalue weighted by Crippen LogP contribution is -2.29. The molecule has 15 aromatic carbocycles. The van der Waals surface area contributed by atoms with Crippen LogP contribution in [0.2, 0.25) is 0 Å². The second-order valence-corrected chi connectivity index (χ2v) is 30.3. The molecule has 3 aliphatic carbocycles. The molecule has 0 N–H and O–H groups in total. The summed E-state index contributed by atoms with van der Waals surface area (Å²) in [5, 5.41) is 13.6. The lowest BCUT2D eigenvalue weighted by Gasteiger charge is -2.35. The van der Waals surface area contributed by atoms with Crippen LogP contribution < -0.4 is 14.2 Å². The van der Waals surface area contributed by atoms with Gasteiger partial charge in [-0.05, 0) is 278 Å². The fourth-order valence-electron chi connectivity index (χ4n) is 19.4. The third-order valence-corrected chi connectivity index (χ3v) is 24.5. The third-order valence-electron chi connectivity index (χ3n) is 24.5. The van der Waals surface area contributed by atoms with Gasteiger partial charge in [0.05, 0.1) is 33.3 Å². The summed E-state index contributed by atoms with van der Waals surface area (Å²) >= 11 is 0. The highest BCUT2D eigenvalue weighted by molar-refractivity contribution is 6.00. The first kappa shape index (κ1) is 68.4. The van der Waals surface area contributed by atoms with E-state index in [0.717, 1.165) is 150 Å². The minimum Gasteiger partial charge on any atom is -0.481 e. The number of hydrogen-bond donors (Lipinski definition) is 0. The van der Waals surface area contributed by atoms with Crippen LogP contribution in [0.25, 0.3) is 98.4 Å². The average Bonchev–Trinajstić information content (AvgIpc) is 1.56. The van der Waals surface area contributed by atoms with Gasteiger partial charge in [0, 0.05) is 41.2 Å². The number of nitrogens with zero attached hydrogens (tertiary/aromatic N) is 3. The van der Waals surface area contributed by atoms with Gasteiger partial charge in [-0.1, -0.05) is 236 Å². The second kappa shape index (κ2) is 27.7. The van der Waals surface area contributed by atoms with Crippen LogP contribution in [0.15, 0.2) is 346 Å². The van der Waals surface area contributed by atoms with Gasteiger partial charge in [-0.2, -0.15) is 0 Å². The van der Waals surface area contributed by atoms with Crippen LogP contribution in [0, 0.1) is 35.5 Å². The zero-order valence-electron chi connectivity index (χ0n) is 63.7. The number of hydrogen-bond acceptors (Lipinski definition) is 6. The molecule has 6 nitrogen and oxygen atoms in total. The van der Waals surface area contributed by atoms with Crippen LogP contribution in [0.3, 0.4) is 0 Å². The Kier molecular flexibility index (Phi) is 16.5. The summed E-state index contributed by atoms with van der Waals surface area (Å²) in [5.41, 5.74) is 21.3. The van der Waals surface area contributed by atoms with E-state index >= 15 is 0 Å². The van der Waals surface area contributed by atoms with Gasteiger partial charge in [0.1, 0.15) is 37.1 Å². The van der Waals surface area contributed by atoms with Crippen molar-refractivity contribution in [2.45, 2.75) is 42.9 Å². The van der Waals surface area contributed by atoms with Crippen LogP contribution in [0.4, 0.5) is 0 Å². The average molecular weight is 1470 g/mol. The molecule has 3 atom stereocenters. The number of benzene rings is 15. The van der Waals surface area contributed by atoms with Crippen LogP contribution in [-0.2, 0) is 16.2 Å². The minimum absolute atomic E-state index is 0.266. The number of ether oxygens (including phenoxy) is 3. The van der Waals surface area contributed by atoms with E-state index in [1.807, 2.05) is 39.4 Å². The first-order chi connectivity index (χ1) is 56.8. The molecule has 0 saturated heterocycles. The Labute approximate surface area is 668 Å². The van der Waals surface area contributed by atoms with Gasteiger partial charge in [0.15, 0.2) is 0 Å². The van der Waals surface area contributed by atoms with Crippen molar-refractivity contribution in [2.75, 3.05) is 19.8 Å². The molecule has 3 unspecified atom stereocenters. The van der Waals surface area contributed by atoms with Crippen molar-refractivity contribution in [3.05, 3.63) is 430 Å². The molecule has 0 radical (unpaired) electrons. The molecule has 0 fully saturated rings. The second-order valence-electron chi connectivity index (χ2n) is 30.3. The summed E-state index contributed by atoms with van der Waals surface area (Å²) in [6, 6.07) is 122. The van der Waals surface area contributed by atoms with E-state index in [4.69, 9.17) is 29.2 Å². The van der Waals surface area contributed by atoms with Gasteiger partial charge in [0.25, 0.3) is 0 Å². The van der Waals surface area contributed by atoms with Gasteiger partial charge >= 0.3 is 0 Å². The van der Waals surface area contributed by atoms with Crippen LogP contribution in [0.1, 0.15) is 110 Å². The van der Waals surface area contributed by atoms with Gasteiger partial charge in [-0.3, -0.25) is 15.0 Å². The Morgan fingerprint density at radius 3 is 0.783 bits per heavy atom. The van der Waals surface area contributed by atoms with Gasteiger partial charge < -0.3 is 14.2 Å². The highest BCUT2D eigenvalue weighted by Crippen LogP contribution is 2.61. The molecule has 0 saturated carbocycles. The number of fused-ring (bicyclic) bond motifs is 15. The normalized spacial score (nSPS) is 16.1. The predicted molar refractivity (Wildman–Crippen MR) is 467 cm³/mol. The maximum absolute atomic E-state index is 6.14. The molecule has 3 aromatic heterocycles. The Bertz CT molecular complexity index is 6560. The van der Waals surface area contributed by atoms with E-state index in [-0.39, 0.29) is 5.92 Å². The van der Waals surface area contributed by atoms with Crippen molar-refractivity contribution in [3.8, 4) is 86.5 Å². The lowest BCUT2D eigenvalue weighted by atomic mass is 9.66. The molecule has 3 aliphatic rings. The Balaban J connectivity index is 0.773. The number of rotatable bonds is 15. The van der Waals surface area contributed by atoms with Gasteiger partial charge in [-0.15, -0.1) is 17.8 Å². The summed E-state index contributed by atoms with van der Waals surface area (Å²) < 4.78 is 18.4. The zero-order valence-corrected chi connectivity index (χ0v) is 63.7. The number of pyridine rings is 3. The Morgan fingerprint density at radius 1 is 0.243 bits per heavy atom. The van der Waals surface area contributed by atoms with Crippen molar-refractivity contribution < 1.29 is 14.2 Å². The molecule has 21 rings (SSSR count). The maximum Gasteiger partial charge on any atom is 0.149 e. The molecule has 542 valence electrons. The lowest BCUT2D eigenvalue weighted by molar-refractivity contribution is 0.370. The van der Waals surface area contributed by atoms with Crippen molar-refractivity contribution in [2.24, 2.45) is 0 Å². The first-order valence-electron chi connectivity index (χ1n) is 39.3. The summed E-state index contributed by atoms with van der Waals surface area (Å²) in [6.45, 7) is 6.50. The summed E-state index contributed by atoms with van der Waals surface area (Å²) in [5.74, 6) is 20.2. The molecule has 115 heavy (non-hydrogen) atoms. The summed E-state index contributed by atoms with van der Waals surface area (Å²) in [7, 11) is 0. The van der Waals surface area contributed by atoms with Crippen molar-refractivity contribution in [1.29, 1.82) is 0 Å². The molecular formula is C109H73N3O3. The predicted octanol–water partition coefficient (Wildman–Crippen LogP) is 24.3. The van der Waals surface area contributed by atoms with E-state index in [1.165, 1.54) is 49.0 Å². The van der Waals surface area contributed by atoms with Gasteiger partial charge in [-0.25, -0.2) is 0 Å². The highest BCUT2D eigenvalue weighted by Gasteiger charge is 2.51. The quantitative estimate of drug-likeness (QED) is 0.0753. The Hall–Kier alpha value is -14.6. The molecular weight excluding hydrogens is 1400 g/mol. The largest absolute Gasteiger partial charge is 0.481 e. The van der Waals surface area contributed by atoms with Crippen LogP contribution in [0.5, 0.6) is 17.2 Å². The van der Waals surface area contributed by atoms with Crippen LogP contribution >= 0.6 is 0 Å². The van der Waals surface area contributed by atoms with Crippen molar-refractivity contribution in [1.82, 2.24) is 15.0 Å². The van der Waals surface area contributed by atoms with E-state index in [9.17, 15) is 0 Å². The molecule has 18 aromatic rings. The fraction of sp³-hybridized carbons (Fsp3) is 0.0917. The van der Waals surface area contributed by atoms with Crippen molar-refractivity contribution >= 4 is 64.6 Å². The highest BCUT2D eigenvalue weighted by atomic mass is 16.5. The molecule has 3 heterocycles. The smallest absolute Gasteiger partial charge is 0.149 e. The molecule has 0 aliphatic heterocycles. The maximum atomic E-state index is 6.14. The van der Waals surface area contributed by atoms with E-state index in [2.05, 4.69) is 363 Å². The van der Waals surface area contributed by atoms with Gasteiger partial charge in [0.2, 0.25) is 0 Å². The fourth-order valence-corrected chi connectivity index (χ4v) is 19.4.